The zero-order valence-electron chi connectivity index (χ0n) is 36.6. The van der Waals surface area contributed by atoms with E-state index in [1.807, 2.05) is 12.1 Å². The molecule has 1 amide bonds. The van der Waals surface area contributed by atoms with Gasteiger partial charge in [0, 0.05) is 61.6 Å². The van der Waals surface area contributed by atoms with Gasteiger partial charge >= 0.3 is 0 Å². The topological polar surface area (TPSA) is 304 Å². The van der Waals surface area contributed by atoms with E-state index in [1.54, 1.807) is 48.5 Å². The number of amides is 1. The van der Waals surface area contributed by atoms with Crippen LogP contribution >= 0.6 is 0 Å². The Kier molecular flexibility index (Phi) is 17.9. The average molecular weight is 988 g/mol. The van der Waals surface area contributed by atoms with E-state index in [1.165, 1.54) is 36.4 Å². The molecule has 69 heavy (non-hydrogen) atoms. The average Bonchev–Trinajstić information content (AvgIpc) is 3.31. The van der Waals surface area contributed by atoms with E-state index >= 15 is 0 Å². The quantitative estimate of drug-likeness (QED) is 0.0149. The summed E-state index contributed by atoms with van der Waals surface area (Å²) in [5, 5.41) is 20.2. The van der Waals surface area contributed by atoms with E-state index < -0.39 is 49.3 Å². The van der Waals surface area contributed by atoms with Crippen molar-refractivity contribution in [2.45, 2.75) is 41.9 Å². The van der Waals surface area contributed by atoms with Crippen LogP contribution in [0.25, 0.3) is 12.2 Å². The molecule has 0 radical (unpaired) electrons. The zero-order chi connectivity index (χ0) is 49.2. The summed E-state index contributed by atoms with van der Waals surface area (Å²) in [6, 6.07) is 25.6. The number of carbonyl (C=O) groups is 2. The Labute approximate surface area is 395 Å². The number of hydrogen-bond acceptors (Lipinski definition) is 18. The zero-order valence-corrected chi connectivity index (χ0v) is 38.2. The van der Waals surface area contributed by atoms with Crippen LogP contribution in [0.15, 0.2) is 107 Å². The Morgan fingerprint density at radius 2 is 0.913 bits per heavy atom. The molecule has 0 aliphatic rings. The Hall–Kier alpha value is -7.74. The third-order valence-corrected chi connectivity index (χ3v) is 11.3. The number of ketones is 1. The van der Waals surface area contributed by atoms with Crippen LogP contribution in [-0.4, -0.2) is 101 Å². The van der Waals surface area contributed by atoms with E-state index in [0.29, 0.717) is 24.2 Å². The molecule has 4 aromatic carbocycles. The van der Waals surface area contributed by atoms with E-state index in [0.717, 1.165) is 12.1 Å². The summed E-state index contributed by atoms with van der Waals surface area (Å²) in [5.41, 5.74) is 1.32. The van der Waals surface area contributed by atoms with Gasteiger partial charge in [-0.1, -0.05) is 60.7 Å². The number of nitrogens with zero attached hydrogens (tertiary/aromatic N) is 6. The van der Waals surface area contributed by atoms with Crippen molar-refractivity contribution in [1.29, 1.82) is 0 Å². The highest BCUT2D eigenvalue weighted by Gasteiger charge is 2.19. The number of benzene rings is 4. The lowest BCUT2D eigenvalue weighted by molar-refractivity contribution is -0.121. The molecule has 9 N–H and O–H groups in total. The van der Waals surface area contributed by atoms with Gasteiger partial charge in [0.2, 0.25) is 41.6 Å². The molecule has 25 heteroatoms. The number of anilines is 10. The molecule has 0 unspecified atom stereocenters. The normalized spacial score (nSPS) is 11.5. The monoisotopic (exact) mass is 987 g/mol. The van der Waals surface area contributed by atoms with Crippen LogP contribution in [-0.2, 0) is 29.8 Å². The van der Waals surface area contributed by atoms with Gasteiger partial charge in [0.1, 0.15) is 22.2 Å². The highest BCUT2D eigenvalue weighted by atomic mass is 32.2. The predicted molar refractivity (Wildman–Crippen MR) is 257 cm³/mol. The Bertz CT molecular complexity index is 2980. The number of hydrogen-bond donors (Lipinski definition) is 9. The van der Waals surface area contributed by atoms with Crippen molar-refractivity contribution in [3.05, 3.63) is 108 Å². The SMILES string of the molecule is O=C(CCCCF)CCNc1nc(Nc2ccccc2)nc(Nc2ccc(/C=C/c3ccc(Nc4nc(NCCC(=O)NCCF)nc(Nc5ccccc5)n4)cc3S(=O)(=O)O)c(S(=O)(=O)O)c2)n1. The van der Waals surface area contributed by atoms with Crippen molar-refractivity contribution in [2.24, 2.45) is 0 Å². The van der Waals surface area contributed by atoms with Crippen molar-refractivity contribution in [1.82, 2.24) is 35.2 Å². The van der Waals surface area contributed by atoms with E-state index in [2.05, 4.69) is 67.1 Å². The van der Waals surface area contributed by atoms with Crippen LogP contribution < -0.4 is 37.2 Å². The number of rotatable bonds is 26. The molecule has 362 valence electrons. The van der Waals surface area contributed by atoms with Gasteiger partial charge in [0.25, 0.3) is 20.2 Å². The molecule has 0 fully saturated rings. The fourth-order valence-corrected chi connectivity index (χ4v) is 7.66. The molecule has 0 atom stereocenters. The van der Waals surface area contributed by atoms with Crippen LogP contribution in [0.1, 0.15) is 43.2 Å². The molecular formula is C44H47F2N13O8S2. The van der Waals surface area contributed by atoms with Gasteiger partial charge in [0.15, 0.2) is 0 Å². The van der Waals surface area contributed by atoms with Crippen molar-refractivity contribution in [2.75, 3.05) is 64.9 Å². The number of nitrogens with one attached hydrogen (secondary N) is 7. The van der Waals surface area contributed by atoms with Gasteiger partial charge in [-0.25, -0.2) is 4.39 Å². The summed E-state index contributed by atoms with van der Waals surface area (Å²) in [6.07, 6.45) is 3.52. The first-order valence-corrected chi connectivity index (χ1v) is 24.0. The maximum Gasteiger partial charge on any atom is 0.295 e. The first-order valence-electron chi connectivity index (χ1n) is 21.1. The van der Waals surface area contributed by atoms with Gasteiger partial charge in [0.05, 0.1) is 6.67 Å². The number of carbonyl (C=O) groups excluding carboxylic acids is 2. The van der Waals surface area contributed by atoms with Crippen molar-refractivity contribution in [3.8, 4) is 0 Å². The molecule has 2 heterocycles. The first-order chi connectivity index (χ1) is 33.1. The molecule has 0 saturated heterocycles. The summed E-state index contributed by atoms with van der Waals surface area (Å²) >= 11 is 0. The molecule has 2 aromatic heterocycles. The van der Waals surface area contributed by atoms with Crippen LogP contribution in [0.3, 0.4) is 0 Å². The number of Topliss-reactive ketones (excluding diaryl/α,β-unsaturated/α-hetero) is 1. The van der Waals surface area contributed by atoms with E-state index in [9.17, 15) is 44.3 Å². The van der Waals surface area contributed by atoms with Crippen molar-refractivity contribution >= 4 is 103 Å². The smallest absolute Gasteiger partial charge is 0.295 e. The second-order valence-electron chi connectivity index (χ2n) is 14.7. The lowest BCUT2D eigenvalue weighted by Gasteiger charge is -2.13. The summed E-state index contributed by atoms with van der Waals surface area (Å²) < 4.78 is 96.5. The molecule has 0 bridgehead atoms. The second kappa shape index (κ2) is 24.3. The number of alkyl halides is 2. The molecule has 21 nitrogen and oxygen atoms in total. The minimum Gasteiger partial charge on any atom is -0.354 e. The van der Waals surface area contributed by atoms with Gasteiger partial charge in [-0.3, -0.25) is 23.1 Å². The molecule has 0 aliphatic carbocycles. The first kappa shape index (κ1) is 50.7. The van der Waals surface area contributed by atoms with Crippen LogP contribution in [0, 0.1) is 0 Å². The van der Waals surface area contributed by atoms with Crippen molar-refractivity contribution < 1.29 is 44.3 Å². The third kappa shape index (κ3) is 16.2. The Morgan fingerprint density at radius 1 is 0.493 bits per heavy atom. The Morgan fingerprint density at radius 3 is 1.33 bits per heavy atom. The lowest BCUT2D eigenvalue weighted by atomic mass is 10.1. The number of aromatic nitrogens is 6. The number of halogens is 2. The van der Waals surface area contributed by atoms with Gasteiger partial charge in [-0.2, -0.15) is 46.7 Å². The minimum absolute atomic E-state index is 0.0261. The molecule has 0 saturated carbocycles. The molecule has 0 spiro atoms. The van der Waals surface area contributed by atoms with E-state index in [4.69, 9.17) is 0 Å². The largest absolute Gasteiger partial charge is 0.354 e. The summed E-state index contributed by atoms with van der Waals surface area (Å²) in [4.78, 5) is 49.2. The van der Waals surface area contributed by atoms with Gasteiger partial charge < -0.3 is 37.2 Å². The highest BCUT2D eigenvalue weighted by Crippen LogP contribution is 2.29. The predicted octanol–water partition coefficient (Wildman–Crippen LogP) is 7.09. The number of para-hydroxylation sites is 2. The summed E-state index contributed by atoms with van der Waals surface area (Å²) in [5.74, 6) is -0.350. The summed E-state index contributed by atoms with van der Waals surface area (Å²) in [7, 11) is -9.85. The van der Waals surface area contributed by atoms with Crippen molar-refractivity contribution in [3.63, 3.8) is 0 Å². The maximum atomic E-state index is 12.7. The summed E-state index contributed by atoms with van der Waals surface area (Å²) in [6.45, 7) is -1.11. The van der Waals surface area contributed by atoms with E-state index in [-0.39, 0.29) is 103 Å². The standard InChI is InChI=1S/C44H47F2N13O8S2/c45-22-8-7-13-35(60)20-24-48-39-54-41(50-31-9-3-1-4-10-31)58-43(56-39)52-33-18-16-29(36(27-33)68(62,63)64)14-15-30-17-19-34(28-37(30)69(65,66)67)53-44-57-40(49-25-21-38(61)47-26-23-46)55-42(59-44)51-32-11-5-2-6-12-32/h1-6,9-12,14-19,27-28H,7-8,13,20-26H2,(H,47,61)(H,62,63,64)(H,65,66,67)(H3,48,50,52,54,56,58)(H3,49,51,53,55,57,59)/b15-14+. The van der Waals surface area contributed by atoms with Gasteiger partial charge in [-0.05, 0) is 72.5 Å². The fraction of sp³-hybridized carbons (Fsp3) is 0.227. The Balaban J connectivity index is 1.23. The molecule has 6 rings (SSSR count). The van der Waals surface area contributed by atoms with Crippen LogP contribution in [0.2, 0.25) is 0 Å². The fourth-order valence-electron chi connectivity index (χ4n) is 6.24. The molecule has 0 aliphatic heterocycles. The van der Waals surface area contributed by atoms with Crippen LogP contribution in [0.4, 0.5) is 67.2 Å². The second-order valence-corrected chi connectivity index (χ2v) is 17.5. The number of unbranched alkanes of at least 4 members (excludes halogenated alkanes) is 1. The van der Waals surface area contributed by atoms with Crippen LogP contribution in [0.5, 0.6) is 0 Å². The van der Waals surface area contributed by atoms with Gasteiger partial charge in [-0.15, -0.1) is 0 Å². The molecular weight excluding hydrogens is 941 g/mol. The third-order valence-electron chi connectivity index (χ3n) is 9.45. The minimum atomic E-state index is -4.93. The lowest BCUT2D eigenvalue weighted by Crippen LogP contribution is -2.27. The maximum absolute atomic E-state index is 12.7. The molecule has 6 aromatic rings. The highest BCUT2D eigenvalue weighted by molar-refractivity contribution is 7.86.